The number of carbonyl (C=O) groups excluding carboxylic acids is 2. The number of para-hydroxylation sites is 1. The summed E-state index contributed by atoms with van der Waals surface area (Å²) in [5.41, 5.74) is 3.94. The number of fused-ring (bicyclic) bond motifs is 1. The second-order valence-electron chi connectivity index (χ2n) is 7.32. The molecule has 5 nitrogen and oxygen atoms in total. The molecule has 1 unspecified atom stereocenters. The summed E-state index contributed by atoms with van der Waals surface area (Å²) in [5.74, 6) is -0.125. The maximum atomic E-state index is 13.4. The third-order valence-corrected chi connectivity index (χ3v) is 5.24. The van der Waals surface area contributed by atoms with Gasteiger partial charge in [-0.1, -0.05) is 78.9 Å². The Labute approximate surface area is 176 Å². The van der Waals surface area contributed by atoms with E-state index in [0.29, 0.717) is 13.0 Å². The average molecular weight is 400 g/mol. The molecule has 0 bridgehead atoms. The predicted octanol–water partition coefficient (Wildman–Crippen LogP) is 4.11. The van der Waals surface area contributed by atoms with Crippen molar-refractivity contribution in [2.75, 3.05) is 11.4 Å². The second kappa shape index (κ2) is 9.27. The number of hydrogen-bond donors (Lipinski definition) is 1. The number of benzene rings is 3. The molecular weight excluding hydrogens is 376 g/mol. The van der Waals surface area contributed by atoms with Crippen LogP contribution in [0.5, 0.6) is 0 Å². The number of ether oxygens (including phenoxy) is 1. The summed E-state index contributed by atoms with van der Waals surface area (Å²) in [6.07, 6.45) is 0.623. The van der Waals surface area contributed by atoms with E-state index in [0.717, 1.165) is 28.8 Å². The molecule has 1 heterocycles. The van der Waals surface area contributed by atoms with Crippen LogP contribution in [-0.2, 0) is 29.0 Å². The minimum atomic E-state index is -0.707. The predicted molar refractivity (Wildman–Crippen MR) is 116 cm³/mol. The molecule has 0 saturated heterocycles. The highest BCUT2D eigenvalue weighted by molar-refractivity contribution is 6.00. The van der Waals surface area contributed by atoms with Gasteiger partial charge in [-0.2, -0.15) is 0 Å². The van der Waals surface area contributed by atoms with E-state index in [1.54, 1.807) is 4.90 Å². The van der Waals surface area contributed by atoms with E-state index in [-0.39, 0.29) is 12.5 Å². The Hall–Kier alpha value is -3.60. The molecule has 0 fully saturated rings. The average Bonchev–Trinajstić information content (AvgIpc) is 3.22. The zero-order valence-electron chi connectivity index (χ0n) is 16.7. The van der Waals surface area contributed by atoms with Gasteiger partial charge in [0, 0.05) is 18.7 Å². The third kappa shape index (κ3) is 4.69. The molecule has 30 heavy (non-hydrogen) atoms. The number of nitrogens with one attached hydrogen (secondary N) is 1. The summed E-state index contributed by atoms with van der Waals surface area (Å²) in [4.78, 5) is 27.6. The zero-order valence-corrected chi connectivity index (χ0v) is 16.7. The maximum absolute atomic E-state index is 13.4. The highest BCUT2D eigenvalue weighted by Gasteiger charge is 2.31. The van der Waals surface area contributed by atoms with Crippen LogP contribution in [0.25, 0.3) is 0 Å². The smallest absolute Gasteiger partial charge is 0.408 e. The fourth-order valence-electron chi connectivity index (χ4n) is 3.71. The van der Waals surface area contributed by atoms with Crippen molar-refractivity contribution < 1.29 is 14.3 Å². The Balaban J connectivity index is 1.48. The first kappa shape index (κ1) is 19.7. The molecule has 1 aliphatic rings. The van der Waals surface area contributed by atoms with Gasteiger partial charge >= 0.3 is 6.09 Å². The number of amides is 2. The molecule has 0 radical (unpaired) electrons. The van der Waals surface area contributed by atoms with Crippen LogP contribution in [0, 0.1) is 0 Å². The number of carbonyl (C=O) groups is 2. The van der Waals surface area contributed by atoms with E-state index in [4.69, 9.17) is 4.74 Å². The van der Waals surface area contributed by atoms with Crippen molar-refractivity contribution in [3.8, 4) is 0 Å². The number of anilines is 1. The van der Waals surface area contributed by atoms with Crippen LogP contribution in [0.3, 0.4) is 0 Å². The van der Waals surface area contributed by atoms with Gasteiger partial charge in [0.15, 0.2) is 0 Å². The van der Waals surface area contributed by atoms with E-state index in [9.17, 15) is 9.59 Å². The van der Waals surface area contributed by atoms with Gasteiger partial charge in [-0.15, -0.1) is 0 Å². The van der Waals surface area contributed by atoms with E-state index in [2.05, 4.69) is 5.32 Å². The summed E-state index contributed by atoms with van der Waals surface area (Å²) >= 11 is 0. The lowest BCUT2D eigenvalue weighted by Gasteiger charge is -2.25. The highest BCUT2D eigenvalue weighted by Crippen LogP contribution is 2.28. The van der Waals surface area contributed by atoms with E-state index < -0.39 is 12.1 Å². The van der Waals surface area contributed by atoms with E-state index in [1.165, 1.54) is 0 Å². The zero-order chi connectivity index (χ0) is 20.8. The standard InChI is InChI=1S/C25H24N2O3/c28-24(27-16-15-21-13-7-8-14-23(21)27)22(17-19-9-3-1-4-10-19)26-25(29)30-18-20-11-5-2-6-12-20/h1-14,22H,15-18H2,(H,26,29). The first-order valence-electron chi connectivity index (χ1n) is 10.1. The van der Waals surface area contributed by atoms with Crippen molar-refractivity contribution in [3.05, 3.63) is 102 Å². The molecule has 0 aromatic heterocycles. The molecule has 0 aliphatic carbocycles. The van der Waals surface area contributed by atoms with Crippen LogP contribution in [-0.4, -0.2) is 24.6 Å². The van der Waals surface area contributed by atoms with Crippen molar-refractivity contribution in [2.45, 2.75) is 25.5 Å². The third-order valence-electron chi connectivity index (χ3n) is 5.24. The molecule has 4 rings (SSSR count). The molecule has 1 aliphatic heterocycles. The molecule has 3 aromatic rings. The van der Waals surface area contributed by atoms with Crippen LogP contribution in [0.4, 0.5) is 10.5 Å². The lowest BCUT2D eigenvalue weighted by Crippen LogP contribution is -2.49. The Morgan fingerprint density at radius 2 is 1.50 bits per heavy atom. The summed E-state index contributed by atoms with van der Waals surface area (Å²) in [6, 6.07) is 26.4. The van der Waals surface area contributed by atoms with Crippen LogP contribution >= 0.6 is 0 Å². The Kier molecular flexibility index (Phi) is 6.09. The summed E-state index contributed by atoms with van der Waals surface area (Å²) < 4.78 is 5.36. The minimum Gasteiger partial charge on any atom is -0.445 e. The maximum Gasteiger partial charge on any atom is 0.408 e. The number of alkyl carbamates (subject to hydrolysis) is 1. The van der Waals surface area contributed by atoms with Crippen LogP contribution in [0.2, 0.25) is 0 Å². The van der Waals surface area contributed by atoms with E-state index in [1.807, 2.05) is 84.9 Å². The number of rotatable bonds is 6. The summed E-state index contributed by atoms with van der Waals surface area (Å²) in [5, 5.41) is 2.79. The number of nitrogens with zero attached hydrogens (tertiary/aromatic N) is 1. The van der Waals surface area contributed by atoms with Crippen LogP contribution in [0.1, 0.15) is 16.7 Å². The lowest BCUT2D eigenvalue weighted by atomic mass is 10.0. The molecule has 5 heteroatoms. The van der Waals surface area contributed by atoms with Gasteiger partial charge in [0.2, 0.25) is 5.91 Å². The largest absolute Gasteiger partial charge is 0.445 e. The SMILES string of the molecule is O=C(NC(Cc1ccccc1)C(=O)N1CCc2ccccc21)OCc1ccccc1. The van der Waals surface area contributed by atoms with Gasteiger partial charge in [-0.05, 0) is 29.2 Å². The van der Waals surface area contributed by atoms with Gasteiger partial charge in [0.1, 0.15) is 12.6 Å². The quantitative estimate of drug-likeness (QED) is 0.677. The molecule has 0 saturated carbocycles. The topological polar surface area (TPSA) is 58.6 Å². The molecule has 152 valence electrons. The van der Waals surface area contributed by atoms with Gasteiger partial charge < -0.3 is 15.0 Å². The molecule has 0 spiro atoms. The van der Waals surface area contributed by atoms with Crippen LogP contribution < -0.4 is 10.2 Å². The van der Waals surface area contributed by atoms with Crippen molar-refractivity contribution in [1.82, 2.24) is 5.32 Å². The molecular formula is C25H24N2O3. The number of hydrogen-bond acceptors (Lipinski definition) is 3. The first-order chi connectivity index (χ1) is 14.7. The molecule has 1 atom stereocenters. The Morgan fingerprint density at radius 1 is 0.867 bits per heavy atom. The van der Waals surface area contributed by atoms with Gasteiger partial charge in [0.05, 0.1) is 0 Å². The fraction of sp³-hybridized carbons (Fsp3) is 0.200. The van der Waals surface area contributed by atoms with Gasteiger partial charge in [0.25, 0.3) is 0 Å². The van der Waals surface area contributed by atoms with Crippen molar-refractivity contribution >= 4 is 17.7 Å². The molecule has 1 N–H and O–H groups in total. The summed E-state index contributed by atoms with van der Waals surface area (Å²) in [7, 11) is 0. The van der Waals surface area contributed by atoms with Gasteiger partial charge in [-0.25, -0.2) is 4.79 Å². The Bertz CT molecular complexity index is 1010. The Morgan fingerprint density at radius 3 is 2.23 bits per heavy atom. The fourth-order valence-corrected chi connectivity index (χ4v) is 3.71. The normalized spacial score (nSPS) is 13.4. The van der Waals surface area contributed by atoms with Crippen molar-refractivity contribution in [2.24, 2.45) is 0 Å². The molecule has 2 amide bonds. The first-order valence-corrected chi connectivity index (χ1v) is 10.1. The van der Waals surface area contributed by atoms with Gasteiger partial charge in [-0.3, -0.25) is 4.79 Å². The minimum absolute atomic E-state index is 0.125. The van der Waals surface area contributed by atoms with E-state index >= 15 is 0 Å². The van der Waals surface area contributed by atoms with Crippen molar-refractivity contribution in [3.63, 3.8) is 0 Å². The monoisotopic (exact) mass is 400 g/mol. The highest BCUT2D eigenvalue weighted by atomic mass is 16.5. The van der Waals surface area contributed by atoms with Crippen molar-refractivity contribution in [1.29, 1.82) is 0 Å². The van der Waals surface area contributed by atoms with Crippen LogP contribution in [0.15, 0.2) is 84.9 Å². The summed E-state index contributed by atoms with van der Waals surface area (Å²) in [6.45, 7) is 0.773. The second-order valence-corrected chi connectivity index (χ2v) is 7.32. The molecule has 3 aromatic carbocycles. The lowest BCUT2D eigenvalue weighted by molar-refractivity contribution is -0.120.